The van der Waals surface area contributed by atoms with Gasteiger partial charge in [-0.15, -0.1) is 0 Å². The molecule has 0 aromatic heterocycles. The van der Waals surface area contributed by atoms with Gasteiger partial charge in [0, 0.05) is 13.2 Å². The summed E-state index contributed by atoms with van der Waals surface area (Å²) in [6, 6.07) is 10.3. The Bertz CT molecular complexity index is 355. The Hall–Kier alpha value is -1.35. The van der Waals surface area contributed by atoms with Crippen molar-refractivity contribution in [2.45, 2.75) is 25.7 Å². The van der Waals surface area contributed by atoms with Crippen LogP contribution in [-0.4, -0.2) is 25.8 Å². The van der Waals surface area contributed by atoms with Crippen molar-refractivity contribution in [3.05, 3.63) is 35.9 Å². The van der Waals surface area contributed by atoms with Crippen LogP contribution in [-0.2, 0) is 20.7 Å². The van der Waals surface area contributed by atoms with Crippen molar-refractivity contribution in [3.8, 4) is 0 Å². The summed E-state index contributed by atoms with van der Waals surface area (Å²) in [6.07, 6.45) is 3.45. The maximum absolute atomic E-state index is 11.7. The summed E-state index contributed by atoms with van der Waals surface area (Å²) in [6.45, 7) is 1.89. The van der Waals surface area contributed by atoms with Gasteiger partial charge in [-0.2, -0.15) is 0 Å². The van der Waals surface area contributed by atoms with Crippen molar-refractivity contribution in [1.82, 2.24) is 0 Å². The lowest BCUT2D eigenvalue weighted by atomic mass is 10.0. The molecule has 0 N–H and O–H groups in total. The van der Waals surface area contributed by atoms with Crippen LogP contribution in [0.3, 0.4) is 0 Å². The molecule has 3 nitrogen and oxygen atoms in total. The SMILES string of the molecule is O=C(OCCCc1ccccc1)C1CCOCC1. The van der Waals surface area contributed by atoms with Crippen LogP contribution in [0.5, 0.6) is 0 Å². The van der Waals surface area contributed by atoms with E-state index in [4.69, 9.17) is 9.47 Å². The van der Waals surface area contributed by atoms with Crippen LogP contribution in [0.25, 0.3) is 0 Å². The number of hydrogen-bond donors (Lipinski definition) is 0. The predicted octanol–water partition coefficient (Wildman–Crippen LogP) is 2.59. The van der Waals surface area contributed by atoms with Gasteiger partial charge in [0.05, 0.1) is 12.5 Å². The van der Waals surface area contributed by atoms with Gasteiger partial charge in [-0.25, -0.2) is 0 Å². The molecule has 1 fully saturated rings. The van der Waals surface area contributed by atoms with Gasteiger partial charge in [0.2, 0.25) is 0 Å². The third-order valence-electron chi connectivity index (χ3n) is 3.25. The fraction of sp³-hybridized carbons (Fsp3) is 0.533. The van der Waals surface area contributed by atoms with Crippen LogP contribution in [0.2, 0.25) is 0 Å². The summed E-state index contributed by atoms with van der Waals surface area (Å²) in [5, 5.41) is 0. The molecule has 1 aliphatic heterocycles. The summed E-state index contributed by atoms with van der Waals surface area (Å²) in [5.74, 6) is 0.00170. The normalized spacial score (nSPS) is 16.4. The molecule has 0 atom stereocenters. The number of benzene rings is 1. The smallest absolute Gasteiger partial charge is 0.309 e. The predicted molar refractivity (Wildman–Crippen MR) is 69.3 cm³/mol. The molecule has 0 aliphatic carbocycles. The van der Waals surface area contributed by atoms with E-state index >= 15 is 0 Å². The Morgan fingerprint density at radius 2 is 1.94 bits per heavy atom. The number of ether oxygens (including phenoxy) is 2. The molecule has 0 unspecified atom stereocenters. The lowest BCUT2D eigenvalue weighted by Crippen LogP contribution is -2.25. The minimum Gasteiger partial charge on any atom is -0.465 e. The Kier molecular flexibility index (Phi) is 5.21. The number of hydrogen-bond acceptors (Lipinski definition) is 3. The van der Waals surface area contributed by atoms with Crippen LogP contribution in [0.15, 0.2) is 30.3 Å². The van der Waals surface area contributed by atoms with Gasteiger partial charge >= 0.3 is 5.97 Å². The van der Waals surface area contributed by atoms with Crippen LogP contribution < -0.4 is 0 Å². The topological polar surface area (TPSA) is 35.5 Å². The van der Waals surface area contributed by atoms with E-state index in [-0.39, 0.29) is 11.9 Å². The number of carbonyl (C=O) groups excluding carboxylic acids is 1. The van der Waals surface area contributed by atoms with E-state index in [0.29, 0.717) is 19.8 Å². The average molecular weight is 248 g/mol. The highest BCUT2D eigenvalue weighted by atomic mass is 16.5. The minimum atomic E-state index is -0.0497. The van der Waals surface area contributed by atoms with Gasteiger partial charge in [0.15, 0.2) is 0 Å². The zero-order valence-corrected chi connectivity index (χ0v) is 10.6. The lowest BCUT2D eigenvalue weighted by molar-refractivity contribution is -0.151. The highest BCUT2D eigenvalue weighted by Gasteiger charge is 2.22. The summed E-state index contributed by atoms with van der Waals surface area (Å²) in [7, 11) is 0. The molecular weight excluding hydrogens is 228 g/mol. The highest BCUT2D eigenvalue weighted by Crippen LogP contribution is 2.16. The van der Waals surface area contributed by atoms with Gasteiger partial charge in [-0.05, 0) is 31.2 Å². The molecule has 1 heterocycles. The summed E-state index contributed by atoms with van der Waals surface area (Å²) < 4.78 is 10.5. The molecule has 2 rings (SSSR count). The second-order valence-electron chi connectivity index (χ2n) is 4.64. The second-order valence-corrected chi connectivity index (χ2v) is 4.64. The van der Waals surface area contributed by atoms with Crippen molar-refractivity contribution in [3.63, 3.8) is 0 Å². The van der Waals surface area contributed by atoms with Crippen molar-refractivity contribution in [2.75, 3.05) is 19.8 Å². The lowest BCUT2D eigenvalue weighted by Gasteiger charge is -2.20. The van der Waals surface area contributed by atoms with E-state index < -0.39 is 0 Å². The monoisotopic (exact) mass is 248 g/mol. The van der Waals surface area contributed by atoms with Gasteiger partial charge in [-0.1, -0.05) is 30.3 Å². The Morgan fingerprint density at radius 1 is 1.22 bits per heavy atom. The van der Waals surface area contributed by atoms with E-state index in [1.807, 2.05) is 18.2 Å². The van der Waals surface area contributed by atoms with E-state index in [0.717, 1.165) is 25.7 Å². The van der Waals surface area contributed by atoms with E-state index in [9.17, 15) is 4.79 Å². The highest BCUT2D eigenvalue weighted by molar-refractivity contribution is 5.72. The first-order valence-corrected chi connectivity index (χ1v) is 6.64. The average Bonchev–Trinajstić information content (AvgIpc) is 2.45. The number of aryl methyl sites for hydroxylation is 1. The van der Waals surface area contributed by atoms with Crippen molar-refractivity contribution >= 4 is 5.97 Å². The fourth-order valence-corrected chi connectivity index (χ4v) is 2.14. The van der Waals surface area contributed by atoms with Gasteiger partial charge in [0.25, 0.3) is 0 Å². The van der Waals surface area contributed by atoms with Crippen LogP contribution >= 0.6 is 0 Å². The van der Waals surface area contributed by atoms with E-state index in [1.165, 1.54) is 5.56 Å². The van der Waals surface area contributed by atoms with Crippen molar-refractivity contribution in [1.29, 1.82) is 0 Å². The number of esters is 1. The summed E-state index contributed by atoms with van der Waals surface area (Å²) >= 11 is 0. The molecular formula is C15H20O3. The third kappa shape index (κ3) is 4.15. The zero-order chi connectivity index (χ0) is 12.6. The molecule has 98 valence electrons. The van der Waals surface area contributed by atoms with Gasteiger partial charge < -0.3 is 9.47 Å². The van der Waals surface area contributed by atoms with E-state index in [2.05, 4.69) is 12.1 Å². The standard InChI is InChI=1S/C15H20O3/c16-15(14-8-11-17-12-9-14)18-10-4-7-13-5-2-1-3-6-13/h1-3,5-6,14H,4,7-12H2. The molecule has 0 radical (unpaired) electrons. The Balaban J connectivity index is 1.61. The number of carbonyl (C=O) groups is 1. The summed E-state index contributed by atoms with van der Waals surface area (Å²) in [5.41, 5.74) is 1.29. The maximum Gasteiger partial charge on any atom is 0.309 e. The quantitative estimate of drug-likeness (QED) is 0.593. The van der Waals surface area contributed by atoms with Crippen molar-refractivity contribution < 1.29 is 14.3 Å². The molecule has 1 saturated heterocycles. The van der Waals surface area contributed by atoms with Gasteiger partial charge in [-0.3, -0.25) is 4.79 Å². The molecule has 18 heavy (non-hydrogen) atoms. The molecule has 0 bridgehead atoms. The maximum atomic E-state index is 11.7. The molecule has 1 aromatic rings. The molecule has 0 spiro atoms. The molecule has 1 aromatic carbocycles. The Labute approximate surface area is 108 Å². The second kappa shape index (κ2) is 7.17. The molecule has 0 amide bonds. The zero-order valence-electron chi connectivity index (χ0n) is 10.6. The largest absolute Gasteiger partial charge is 0.465 e. The molecule has 3 heteroatoms. The minimum absolute atomic E-state index is 0.0497. The van der Waals surface area contributed by atoms with Crippen LogP contribution in [0.1, 0.15) is 24.8 Å². The van der Waals surface area contributed by atoms with E-state index in [1.54, 1.807) is 0 Å². The first-order chi connectivity index (χ1) is 8.86. The van der Waals surface area contributed by atoms with Gasteiger partial charge in [0.1, 0.15) is 0 Å². The number of rotatable bonds is 5. The molecule has 0 saturated carbocycles. The fourth-order valence-electron chi connectivity index (χ4n) is 2.14. The summed E-state index contributed by atoms with van der Waals surface area (Å²) in [4.78, 5) is 11.7. The van der Waals surface area contributed by atoms with Crippen LogP contribution in [0.4, 0.5) is 0 Å². The molecule has 1 aliphatic rings. The van der Waals surface area contributed by atoms with Crippen molar-refractivity contribution in [2.24, 2.45) is 5.92 Å². The third-order valence-corrected chi connectivity index (χ3v) is 3.25. The first kappa shape index (κ1) is 13.1. The Morgan fingerprint density at radius 3 is 2.67 bits per heavy atom. The first-order valence-electron chi connectivity index (χ1n) is 6.64. The van der Waals surface area contributed by atoms with Crippen LogP contribution in [0, 0.1) is 5.92 Å².